The number of fused-ring (bicyclic) bond motifs is 1. The molecule has 0 saturated carbocycles. The van der Waals surface area contributed by atoms with E-state index in [2.05, 4.69) is 29.2 Å². The number of rotatable bonds is 6. The maximum absolute atomic E-state index is 13.5. The van der Waals surface area contributed by atoms with Crippen LogP contribution in [0.4, 0.5) is 5.13 Å². The molecule has 3 aromatic carbocycles. The van der Waals surface area contributed by atoms with E-state index in [-0.39, 0.29) is 12.3 Å². The van der Waals surface area contributed by atoms with Gasteiger partial charge in [-0.05, 0) is 47.0 Å². The van der Waals surface area contributed by atoms with Crippen molar-refractivity contribution in [1.82, 2.24) is 9.97 Å². The zero-order valence-electron chi connectivity index (χ0n) is 17.7. The van der Waals surface area contributed by atoms with Gasteiger partial charge in [-0.1, -0.05) is 83.6 Å². The number of pyridine rings is 1. The van der Waals surface area contributed by atoms with Crippen molar-refractivity contribution in [3.8, 4) is 11.1 Å². The Kier molecular flexibility index (Phi) is 6.15. The topological polar surface area (TPSA) is 46.1 Å². The number of hydrogen-bond donors (Lipinski definition) is 0. The van der Waals surface area contributed by atoms with Crippen molar-refractivity contribution in [3.05, 3.63) is 113 Å². The number of thiazole rings is 1. The minimum Gasteiger partial charge on any atom is -0.282 e. The molecule has 0 unspecified atom stereocenters. The van der Waals surface area contributed by atoms with Crippen LogP contribution in [0.3, 0.4) is 0 Å². The summed E-state index contributed by atoms with van der Waals surface area (Å²) in [4.78, 5) is 24.3. The number of benzene rings is 3. The molecular weight excluding hydrogens is 450 g/mol. The molecule has 0 fully saturated rings. The highest BCUT2D eigenvalue weighted by atomic mass is 35.5. The first-order chi connectivity index (χ1) is 16.2. The third kappa shape index (κ3) is 4.95. The van der Waals surface area contributed by atoms with Gasteiger partial charge in [0.05, 0.1) is 28.9 Å². The molecule has 0 saturated heterocycles. The number of halogens is 1. The van der Waals surface area contributed by atoms with Gasteiger partial charge in [-0.3, -0.25) is 14.7 Å². The van der Waals surface area contributed by atoms with E-state index in [0.29, 0.717) is 16.7 Å². The van der Waals surface area contributed by atoms with Gasteiger partial charge < -0.3 is 0 Å². The van der Waals surface area contributed by atoms with Gasteiger partial charge in [-0.15, -0.1) is 0 Å². The molecule has 2 aromatic heterocycles. The van der Waals surface area contributed by atoms with Crippen LogP contribution in [-0.4, -0.2) is 15.9 Å². The maximum atomic E-state index is 13.5. The number of aromatic nitrogens is 2. The van der Waals surface area contributed by atoms with Crippen LogP contribution in [0.25, 0.3) is 21.3 Å². The van der Waals surface area contributed by atoms with Gasteiger partial charge in [0.25, 0.3) is 0 Å². The Morgan fingerprint density at radius 1 is 0.879 bits per heavy atom. The van der Waals surface area contributed by atoms with Crippen LogP contribution < -0.4 is 4.90 Å². The molecule has 6 heteroatoms. The van der Waals surface area contributed by atoms with Crippen LogP contribution in [0.5, 0.6) is 0 Å². The molecule has 0 N–H and O–H groups in total. The van der Waals surface area contributed by atoms with Crippen molar-refractivity contribution in [3.63, 3.8) is 0 Å². The number of nitrogens with zero attached hydrogens (tertiary/aromatic N) is 3. The van der Waals surface area contributed by atoms with Crippen molar-refractivity contribution in [2.24, 2.45) is 0 Å². The van der Waals surface area contributed by atoms with Crippen LogP contribution in [0.1, 0.15) is 11.3 Å². The second kappa shape index (κ2) is 9.53. The Morgan fingerprint density at radius 3 is 2.39 bits per heavy atom. The van der Waals surface area contributed by atoms with Gasteiger partial charge in [0.15, 0.2) is 5.13 Å². The minimum absolute atomic E-state index is 0.0294. The Bertz CT molecular complexity index is 1390. The molecule has 0 radical (unpaired) electrons. The summed E-state index contributed by atoms with van der Waals surface area (Å²) in [5.41, 5.74) is 4.86. The number of amides is 1. The first-order valence-corrected chi connectivity index (χ1v) is 11.8. The quantitative estimate of drug-likeness (QED) is 0.275. The van der Waals surface area contributed by atoms with Gasteiger partial charge in [0, 0.05) is 11.2 Å². The average Bonchev–Trinajstić information content (AvgIpc) is 3.27. The predicted octanol–water partition coefficient (Wildman–Crippen LogP) is 6.79. The molecule has 162 valence electrons. The molecule has 33 heavy (non-hydrogen) atoms. The number of carbonyl (C=O) groups excluding carboxylic acids is 1. The Balaban J connectivity index is 1.42. The zero-order chi connectivity index (χ0) is 22.6. The van der Waals surface area contributed by atoms with Crippen LogP contribution in [-0.2, 0) is 17.8 Å². The third-order valence-electron chi connectivity index (χ3n) is 5.33. The summed E-state index contributed by atoms with van der Waals surface area (Å²) in [6.45, 7) is 0.356. The largest absolute Gasteiger partial charge is 0.282 e. The van der Waals surface area contributed by atoms with Gasteiger partial charge in [0.2, 0.25) is 5.91 Å². The molecule has 0 atom stereocenters. The fourth-order valence-electron chi connectivity index (χ4n) is 3.63. The lowest BCUT2D eigenvalue weighted by molar-refractivity contribution is -0.118. The summed E-state index contributed by atoms with van der Waals surface area (Å²) in [6, 6.07) is 29.6. The maximum Gasteiger partial charge on any atom is 0.233 e. The van der Waals surface area contributed by atoms with Crippen LogP contribution in [0.15, 0.2) is 97.2 Å². The highest BCUT2D eigenvalue weighted by molar-refractivity contribution is 7.22. The highest BCUT2D eigenvalue weighted by Gasteiger charge is 2.21. The van der Waals surface area contributed by atoms with E-state index < -0.39 is 0 Å². The third-order valence-corrected chi connectivity index (χ3v) is 6.61. The van der Waals surface area contributed by atoms with Crippen LogP contribution in [0, 0.1) is 0 Å². The molecular formula is C27H20ClN3OS. The van der Waals surface area contributed by atoms with Crippen molar-refractivity contribution in [2.45, 2.75) is 13.0 Å². The molecule has 1 amide bonds. The summed E-state index contributed by atoms with van der Waals surface area (Å²) in [7, 11) is 0. The second-order valence-electron chi connectivity index (χ2n) is 7.65. The summed E-state index contributed by atoms with van der Waals surface area (Å²) in [5, 5.41) is 1.29. The summed E-state index contributed by atoms with van der Waals surface area (Å²) in [5.74, 6) is -0.0294. The number of anilines is 1. The first kappa shape index (κ1) is 21.3. The molecule has 5 aromatic rings. The lowest BCUT2D eigenvalue weighted by atomic mass is 10.0. The fourth-order valence-corrected chi connectivity index (χ4v) is 4.89. The lowest BCUT2D eigenvalue weighted by Crippen LogP contribution is -2.32. The van der Waals surface area contributed by atoms with E-state index in [0.717, 1.165) is 32.6 Å². The van der Waals surface area contributed by atoms with E-state index in [1.54, 1.807) is 11.1 Å². The molecule has 0 spiro atoms. The van der Waals surface area contributed by atoms with Gasteiger partial charge in [-0.25, -0.2) is 4.98 Å². The average molecular weight is 470 g/mol. The van der Waals surface area contributed by atoms with E-state index >= 15 is 0 Å². The molecule has 2 heterocycles. The molecule has 0 aliphatic rings. The Hall–Kier alpha value is -3.54. The molecule has 4 nitrogen and oxygen atoms in total. The standard InChI is InChI=1S/C27H20ClN3OS/c28-22-13-14-24-25(17-22)33-27(30-24)31(18-23-8-4-5-15-29-23)26(32)16-19-9-11-21(12-10-19)20-6-2-1-3-7-20/h1-15,17H,16,18H2. The first-order valence-electron chi connectivity index (χ1n) is 10.6. The van der Waals surface area contributed by atoms with Gasteiger partial charge in [-0.2, -0.15) is 0 Å². The van der Waals surface area contributed by atoms with Gasteiger partial charge in [0.1, 0.15) is 0 Å². The molecule has 0 aliphatic heterocycles. The van der Waals surface area contributed by atoms with Crippen molar-refractivity contribution < 1.29 is 4.79 Å². The van der Waals surface area contributed by atoms with E-state index in [1.807, 2.05) is 66.7 Å². The predicted molar refractivity (Wildman–Crippen MR) is 136 cm³/mol. The normalized spacial score (nSPS) is 10.9. The minimum atomic E-state index is -0.0294. The lowest BCUT2D eigenvalue weighted by Gasteiger charge is -2.19. The number of carbonyl (C=O) groups is 1. The van der Waals surface area contributed by atoms with Crippen LogP contribution >= 0.6 is 22.9 Å². The summed E-state index contributed by atoms with van der Waals surface area (Å²) in [6.07, 6.45) is 2.01. The van der Waals surface area contributed by atoms with Crippen molar-refractivity contribution in [2.75, 3.05) is 4.90 Å². The summed E-state index contributed by atoms with van der Waals surface area (Å²) < 4.78 is 0.948. The smallest absolute Gasteiger partial charge is 0.233 e. The van der Waals surface area contributed by atoms with Crippen molar-refractivity contribution >= 4 is 44.2 Å². The second-order valence-corrected chi connectivity index (χ2v) is 9.09. The van der Waals surface area contributed by atoms with Gasteiger partial charge >= 0.3 is 0 Å². The summed E-state index contributed by atoms with van der Waals surface area (Å²) >= 11 is 7.61. The Morgan fingerprint density at radius 2 is 1.64 bits per heavy atom. The highest BCUT2D eigenvalue weighted by Crippen LogP contribution is 2.32. The molecule has 0 bridgehead atoms. The molecule has 0 aliphatic carbocycles. The van der Waals surface area contributed by atoms with E-state index in [9.17, 15) is 4.79 Å². The molecule has 5 rings (SSSR count). The number of hydrogen-bond acceptors (Lipinski definition) is 4. The fraction of sp³-hybridized carbons (Fsp3) is 0.0741. The zero-order valence-corrected chi connectivity index (χ0v) is 19.3. The monoisotopic (exact) mass is 469 g/mol. The van der Waals surface area contributed by atoms with E-state index in [1.165, 1.54) is 11.3 Å². The Labute approximate surface area is 201 Å². The van der Waals surface area contributed by atoms with E-state index in [4.69, 9.17) is 16.6 Å². The van der Waals surface area contributed by atoms with Crippen molar-refractivity contribution in [1.29, 1.82) is 0 Å². The SMILES string of the molecule is O=C(Cc1ccc(-c2ccccc2)cc1)N(Cc1ccccn1)c1nc2ccc(Cl)cc2s1. The van der Waals surface area contributed by atoms with Crippen LogP contribution in [0.2, 0.25) is 5.02 Å².